The van der Waals surface area contributed by atoms with Crippen LogP contribution in [0.15, 0.2) is 53.8 Å². The van der Waals surface area contributed by atoms with E-state index < -0.39 is 12.1 Å². The first-order valence-electron chi connectivity index (χ1n) is 6.69. The minimum Gasteiger partial charge on any atom is -0.478 e. The van der Waals surface area contributed by atoms with Crippen LogP contribution >= 0.6 is 0 Å². The van der Waals surface area contributed by atoms with Gasteiger partial charge in [0, 0.05) is 0 Å². The lowest BCUT2D eigenvalue weighted by Gasteiger charge is -2.17. The summed E-state index contributed by atoms with van der Waals surface area (Å²) in [4.78, 5) is 22.9. The zero-order valence-corrected chi connectivity index (χ0v) is 11.7. The van der Waals surface area contributed by atoms with Crippen molar-refractivity contribution in [3.63, 3.8) is 0 Å². The van der Waals surface area contributed by atoms with E-state index in [4.69, 9.17) is 9.84 Å². The Labute approximate surface area is 122 Å². The number of allylic oxidation sites excluding steroid dienone is 2. The summed E-state index contributed by atoms with van der Waals surface area (Å²) in [6.07, 6.45) is 3.32. The van der Waals surface area contributed by atoms with Crippen LogP contribution in [0.3, 0.4) is 0 Å². The Kier molecular flexibility index (Phi) is 4.77. The van der Waals surface area contributed by atoms with Gasteiger partial charge in [-0.25, -0.2) is 9.59 Å². The van der Waals surface area contributed by atoms with Gasteiger partial charge in [-0.05, 0) is 17.9 Å². The maximum absolute atomic E-state index is 11.8. The van der Waals surface area contributed by atoms with Crippen molar-refractivity contribution in [1.82, 2.24) is 5.32 Å². The van der Waals surface area contributed by atoms with E-state index in [1.165, 1.54) is 0 Å². The number of carbonyl (C=O) groups excluding carboxylic acids is 1. The van der Waals surface area contributed by atoms with Gasteiger partial charge in [-0.2, -0.15) is 0 Å². The highest BCUT2D eigenvalue weighted by Gasteiger charge is 2.20. The fraction of sp³-hybridized carbons (Fsp3) is 0.250. The molecule has 0 saturated carbocycles. The third kappa shape index (κ3) is 4.21. The summed E-state index contributed by atoms with van der Waals surface area (Å²) in [5.74, 6) is -0.881. The van der Waals surface area contributed by atoms with Crippen LogP contribution in [0.1, 0.15) is 18.9 Å². The number of carboxylic acid groups (broad SMARTS) is 1. The number of rotatable bonds is 4. The van der Waals surface area contributed by atoms with Gasteiger partial charge in [-0.3, -0.25) is 5.32 Å². The molecule has 1 unspecified atom stereocenters. The molecule has 0 radical (unpaired) electrons. The number of benzene rings is 1. The maximum atomic E-state index is 11.8. The van der Waals surface area contributed by atoms with Crippen LogP contribution in [0.5, 0.6) is 0 Å². The second-order valence-electron chi connectivity index (χ2n) is 4.90. The van der Waals surface area contributed by atoms with Crippen LogP contribution in [0.25, 0.3) is 0 Å². The number of aliphatic carboxylic acids is 1. The molecule has 1 aromatic carbocycles. The second kappa shape index (κ2) is 6.74. The average Bonchev–Trinajstić information content (AvgIpc) is 2.46. The number of carboxylic acids is 1. The molecule has 1 aliphatic rings. The van der Waals surface area contributed by atoms with Crippen LogP contribution in [-0.2, 0) is 16.1 Å². The molecule has 0 saturated heterocycles. The van der Waals surface area contributed by atoms with Gasteiger partial charge >= 0.3 is 12.1 Å². The third-order valence-corrected chi connectivity index (χ3v) is 3.12. The highest BCUT2D eigenvalue weighted by molar-refractivity contribution is 5.93. The Hall–Kier alpha value is -2.56. The lowest BCUT2D eigenvalue weighted by Crippen LogP contribution is -2.28. The van der Waals surface area contributed by atoms with Gasteiger partial charge < -0.3 is 9.84 Å². The van der Waals surface area contributed by atoms with E-state index in [2.05, 4.69) is 5.32 Å². The predicted octanol–water partition coefficient (Wildman–Crippen LogP) is 2.85. The monoisotopic (exact) mass is 287 g/mol. The standard InChI is InChI=1S/C16H17NO4/c1-11-7-8-13(15(18)19)14(9-11)17-16(20)21-10-12-5-3-2-4-6-12/h2-6,8-9,11H,7,10H2,1H3,(H,17,20)(H,18,19). The lowest BCUT2D eigenvalue weighted by molar-refractivity contribution is -0.132. The molecule has 0 aliphatic heterocycles. The first-order valence-corrected chi connectivity index (χ1v) is 6.69. The summed E-state index contributed by atoms with van der Waals surface area (Å²) in [5, 5.41) is 11.6. The maximum Gasteiger partial charge on any atom is 0.411 e. The van der Waals surface area contributed by atoms with Gasteiger partial charge in [0.1, 0.15) is 6.61 Å². The molecule has 2 N–H and O–H groups in total. The van der Waals surface area contributed by atoms with Crippen molar-refractivity contribution < 1.29 is 19.4 Å². The van der Waals surface area contributed by atoms with E-state index in [9.17, 15) is 9.59 Å². The first-order chi connectivity index (χ1) is 10.1. The molecule has 0 spiro atoms. The predicted molar refractivity (Wildman–Crippen MR) is 77.3 cm³/mol. The number of ether oxygens (including phenoxy) is 1. The molecule has 21 heavy (non-hydrogen) atoms. The summed E-state index contributed by atoms with van der Waals surface area (Å²) in [6.45, 7) is 2.09. The quantitative estimate of drug-likeness (QED) is 0.892. The number of hydrogen-bond donors (Lipinski definition) is 2. The van der Waals surface area contributed by atoms with Gasteiger partial charge in [0.15, 0.2) is 0 Å². The summed E-state index contributed by atoms with van der Waals surface area (Å²) in [6, 6.07) is 9.28. The van der Waals surface area contributed by atoms with Crippen LogP contribution < -0.4 is 5.32 Å². The fourth-order valence-electron chi connectivity index (χ4n) is 2.04. The zero-order valence-electron chi connectivity index (χ0n) is 11.7. The second-order valence-corrected chi connectivity index (χ2v) is 4.90. The highest BCUT2D eigenvalue weighted by atomic mass is 16.5. The topological polar surface area (TPSA) is 75.6 Å². The van der Waals surface area contributed by atoms with Crippen molar-refractivity contribution in [2.75, 3.05) is 0 Å². The van der Waals surface area contributed by atoms with E-state index in [1.807, 2.05) is 37.3 Å². The number of nitrogens with one attached hydrogen (secondary N) is 1. The molecule has 110 valence electrons. The summed E-state index contributed by atoms with van der Waals surface area (Å²) in [5.41, 5.74) is 1.26. The lowest BCUT2D eigenvalue weighted by atomic mass is 9.96. The smallest absolute Gasteiger partial charge is 0.411 e. The van der Waals surface area contributed by atoms with Crippen molar-refractivity contribution in [2.45, 2.75) is 20.0 Å². The number of carbonyl (C=O) groups is 2. The first kappa shape index (κ1) is 14.8. The van der Waals surface area contributed by atoms with Gasteiger partial charge in [-0.1, -0.05) is 49.4 Å². The minimum atomic E-state index is -1.06. The van der Waals surface area contributed by atoms with Gasteiger partial charge in [-0.15, -0.1) is 0 Å². The Balaban J connectivity index is 1.95. The Morgan fingerprint density at radius 1 is 1.33 bits per heavy atom. The molecular formula is C16H17NO4. The zero-order chi connectivity index (χ0) is 15.2. The van der Waals surface area contributed by atoms with Crippen LogP contribution in [0.4, 0.5) is 4.79 Å². The van der Waals surface area contributed by atoms with Crippen molar-refractivity contribution in [1.29, 1.82) is 0 Å². The molecule has 1 aliphatic carbocycles. The van der Waals surface area contributed by atoms with E-state index in [1.54, 1.807) is 12.2 Å². The molecule has 1 aromatic rings. The normalized spacial score (nSPS) is 17.5. The molecule has 0 bridgehead atoms. The van der Waals surface area contributed by atoms with E-state index >= 15 is 0 Å². The highest BCUT2D eigenvalue weighted by Crippen LogP contribution is 2.21. The van der Waals surface area contributed by atoms with E-state index in [-0.39, 0.29) is 18.1 Å². The van der Waals surface area contributed by atoms with Crippen molar-refractivity contribution in [3.8, 4) is 0 Å². The van der Waals surface area contributed by atoms with Gasteiger partial charge in [0.25, 0.3) is 0 Å². The average molecular weight is 287 g/mol. The van der Waals surface area contributed by atoms with Gasteiger partial charge in [0.2, 0.25) is 0 Å². The molecular weight excluding hydrogens is 270 g/mol. The largest absolute Gasteiger partial charge is 0.478 e. The molecule has 0 aromatic heterocycles. The van der Waals surface area contributed by atoms with Gasteiger partial charge in [0.05, 0.1) is 11.3 Å². The van der Waals surface area contributed by atoms with Crippen LogP contribution in [0.2, 0.25) is 0 Å². The summed E-state index contributed by atoms with van der Waals surface area (Å²) >= 11 is 0. The van der Waals surface area contributed by atoms with Crippen molar-refractivity contribution in [2.24, 2.45) is 5.92 Å². The molecule has 5 heteroatoms. The molecule has 0 heterocycles. The molecule has 5 nitrogen and oxygen atoms in total. The molecule has 2 rings (SSSR count). The molecule has 1 atom stereocenters. The third-order valence-electron chi connectivity index (χ3n) is 3.12. The fourth-order valence-corrected chi connectivity index (χ4v) is 2.04. The van der Waals surface area contributed by atoms with E-state index in [0.717, 1.165) is 5.56 Å². The Morgan fingerprint density at radius 2 is 2.05 bits per heavy atom. The summed E-state index contributed by atoms with van der Waals surface area (Å²) in [7, 11) is 0. The number of hydrogen-bond acceptors (Lipinski definition) is 3. The van der Waals surface area contributed by atoms with Crippen LogP contribution in [0, 0.1) is 5.92 Å². The minimum absolute atomic E-state index is 0.102. The number of alkyl carbamates (subject to hydrolysis) is 1. The summed E-state index contributed by atoms with van der Waals surface area (Å²) < 4.78 is 5.08. The Morgan fingerprint density at radius 3 is 2.71 bits per heavy atom. The Bertz CT molecular complexity index is 590. The SMILES string of the molecule is CC1C=C(NC(=O)OCc2ccccc2)C(C(=O)O)=CC1. The number of amides is 1. The van der Waals surface area contributed by atoms with Crippen molar-refractivity contribution in [3.05, 3.63) is 59.3 Å². The molecule has 0 fully saturated rings. The molecule has 1 amide bonds. The van der Waals surface area contributed by atoms with Crippen LogP contribution in [-0.4, -0.2) is 17.2 Å². The van der Waals surface area contributed by atoms with Crippen molar-refractivity contribution >= 4 is 12.1 Å². The van der Waals surface area contributed by atoms with E-state index in [0.29, 0.717) is 12.1 Å².